The molecule has 0 aliphatic carbocycles. The molecule has 1 aromatic rings. The first-order valence-corrected chi connectivity index (χ1v) is 11.2. The van der Waals surface area contributed by atoms with Gasteiger partial charge in [0.05, 0.1) is 0 Å². The van der Waals surface area contributed by atoms with Gasteiger partial charge in [-0.2, -0.15) is 8.78 Å². The molecule has 2 nitrogen and oxygen atoms in total. The molecule has 0 amide bonds. The van der Waals surface area contributed by atoms with Crippen molar-refractivity contribution in [1.29, 1.82) is 0 Å². The molecule has 0 unspecified atom stereocenters. The molecule has 28 heavy (non-hydrogen) atoms. The zero-order chi connectivity index (χ0) is 20.5. The Morgan fingerprint density at radius 3 is 1.50 bits per heavy atom. The second kappa shape index (κ2) is 15.5. The summed E-state index contributed by atoms with van der Waals surface area (Å²) >= 11 is 0. The summed E-state index contributed by atoms with van der Waals surface area (Å²) in [5.41, 5.74) is 1.45. The number of alkyl halides is 2. The van der Waals surface area contributed by atoms with Crippen LogP contribution >= 0.6 is 0 Å². The van der Waals surface area contributed by atoms with Crippen molar-refractivity contribution in [3.8, 4) is 0 Å². The molecule has 0 heterocycles. The maximum absolute atomic E-state index is 12.9. The van der Waals surface area contributed by atoms with Crippen LogP contribution in [0.5, 0.6) is 0 Å². The molecule has 0 aliphatic heterocycles. The van der Waals surface area contributed by atoms with E-state index in [4.69, 9.17) is 5.11 Å². The number of aliphatic carboxylic acids is 1. The summed E-state index contributed by atoms with van der Waals surface area (Å²) in [4.78, 5) is 10.3. The van der Waals surface area contributed by atoms with Crippen molar-refractivity contribution >= 4 is 5.97 Å². The van der Waals surface area contributed by atoms with Crippen molar-refractivity contribution in [3.63, 3.8) is 0 Å². The molecule has 1 N–H and O–H groups in total. The standard InChI is InChI=1S/C24H38F2O2/c25-24(26,23(27)28)21-17-12-10-8-6-4-2-1-3-5-7-9-11-14-18-22-19-15-13-16-20-22/h13,15-16,19-20H,1-12,14,17-18,21H2,(H,27,28). The summed E-state index contributed by atoms with van der Waals surface area (Å²) in [7, 11) is 0. The van der Waals surface area contributed by atoms with E-state index in [1.807, 2.05) is 0 Å². The maximum atomic E-state index is 12.9. The van der Waals surface area contributed by atoms with Crippen LogP contribution in [0.3, 0.4) is 0 Å². The topological polar surface area (TPSA) is 37.3 Å². The van der Waals surface area contributed by atoms with Gasteiger partial charge in [-0.3, -0.25) is 0 Å². The highest BCUT2D eigenvalue weighted by Crippen LogP contribution is 2.22. The fraction of sp³-hybridized carbons (Fsp3) is 0.708. The molecule has 0 atom stereocenters. The second-order valence-electron chi connectivity index (χ2n) is 7.94. The van der Waals surface area contributed by atoms with Crippen LogP contribution in [0.1, 0.15) is 102 Å². The highest BCUT2D eigenvalue weighted by Gasteiger charge is 2.37. The number of hydrogen-bond acceptors (Lipinski definition) is 1. The van der Waals surface area contributed by atoms with E-state index in [-0.39, 0.29) is 0 Å². The minimum Gasteiger partial charge on any atom is -0.477 e. The Morgan fingerprint density at radius 2 is 1.07 bits per heavy atom. The van der Waals surface area contributed by atoms with Crippen molar-refractivity contribution < 1.29 is 18.7 Å². The van der Waals surface area contributed by atoms with Crippen LogP contribution in [0.4, 0.5) is 8.78 Å². The lowest BCUT2D eigenvalue weighted by Crippen LogP contribution is -2.27. The van der Waals surface area contributed by atoms with E-state index in [1.54, 1.807) is 0 Å². The van der Waals surface area contributed by atoms with Crippen LogP contribution < -0.4 is 0 Å². The van der Waals surface area contributed by atoms with Crippen LogP contribution in [0.2, 0.25) is 0 Å². The molecule has 0 bridgehead atoms. The van der Waals surface area contributed by atoms with Crippen molar-refractivity contribution in [1.82, 2.24) is 0 Å². The quantitative estimate of drug-likeness (QED) is 0.257. The van der Waals surface area contributed by atoms with Gasteiger partial charge in [0, 0.05) is 6.42 Å². The van der Waals surface area contributed by atoms with E-state index in [1.165, 1.54) is 69.8 Å². The summed E-state index contributed by atoms with van der Waals surface area (Å²) in [6, 6.07) is 10.7. The molecule has 0 aliphatic rings. The smallest absolute Gasteiger partial charge is 0.374 e. The van der Waals surface area contributed by atoms with Gasteiger partial charge in [-0.05, 0) is 24.8 Å². The first-order chi connectivity index (χ1) is 13.5. The number of carboxylic acid groups (broad SMARTS) is 1. The summed E-state index contributed by atoms with van der Waals surface area (Å²) in [5, 5.41) is 8.35. The number of halogens is 2. The van der Waals surface area contributed by atoms with E-state index in [0.29, 0.717) is 12.8 Å². The lowest BCUT2D eigenvalue weighted by atomic mass is 10.0. The minimum atomic E-state index is -3.55. The van der Waals surface area contributed by atoms with Crippen molar-refractivity contribution in [2.75, 3.05) is 0 Å². The molecule has 0 fully saturated rings. The molecular weight excluding hydrogens is 358 g/mol. The van der Waals surface area contributed by atoms with E-state index < -0.39 is 18.3 Å². The molecule has 0 saturated heterocycles. The molecule has 160 valence electrons. The number of carboxylic acids is 1. The Bertz CT molecular complexity index is 503. The maximum Gasteiger partial charge on any atom is 0.374 e. The third-order valence-corrected chi connectivity index (χ3v) is 5.36. The van der Waals surface area contributed by atoms with Gasteiger partial charge in [0.25, 0.3) is 0 Å². The Kier molecular flexibility index (Phi) is 13.6. The molecule has 0 radical (unpaired) electrons. The largest absolute Gasteiger partial charge is 0.477 e. The fourth-order valence-corrected chi connectivity index (χ4v) is 3.55. The van der Waals surface area contributed by atoms with E-state index in [9.17, 15) is 13.6 Å². The van der Waals surface area contributed by atoms with Crippen LogP contribution in [-0.4, -0.2) is 17.0 Å². The first kappa shape index (κ1) is 24.6. The number of unbranched alkanes of at least 4 members (excludes halogenated alkanes) is 13. The number of aryl methyl sites for hydroxylation is 1. The predicted molar refractivity (Wildman–Crippen MR) is 112 cm³/mol. The van der Waals surface area contributed by atoms with Gasteiger partial charge < -0.3 is 5.11 Å². The third-order valence-electron chi connectivity index (χ3n) is 5.36. The second-order valence-corrected chi connectivity index (χ2v) is 7.94. The lowest BCUT2D eigenvalue weighted by Gasteiger charge is -2.10. The van der Waals surface area contributed by atoms with Gasteiger partial charge in [-0.1, -0.05) is 107 Å². The highest BCUT2D eigenvalue weighted by atomic mass is 19.3. The Balaban J connectivity index is 1.76. The Hall–Kier alpha value is -1.45. The molecule has 1 rings (SSSR count). The van der Waals surface area contributed by atoms with E-state index in [2.05, 4.69) is 30.3 Å². The van der Waals surface area contributed by atoms with Gasteiger partial charge in [-0.25, -0.2) is 4.79 Å². The molecular formula is C24H38F2O2. The summed E-state index contributed by atoms with van der Waals surface area (Å²) in [6.07, 6.45) is 16.6. The van der Waals surface area contributed by atoms with Crippen molar-refractivity contribution in [2.45, 2.75) is 109 Å². The predicted octanol–water partition coefficient (Wildman–Crippen LogP) is 7.80. The highest BCUT2D eigenvalue weighted by molar-refractivity contribution is 5.75. The van der Waals surface area contributed by atoms with Crippen molar-refractivity contribution in [3.05, 3.63) is 35.9 Å². The van der Waals surface area contributed by atoms with Gasteiger partial charge >= 0.3 is 11.9 Å². The van der Waals surface area contributed by atoms with E-state index >= 15 is 0 Å². The number of rotatable bonds is 18. The van der Waals surface area contributed by atoms with Gasteiger partial charge in [-0.15, -0.1) is 0 Å². The molecule has 0 aromatic heterocycles. The summed E-state index contributed by atoms with van der Waals surface area (Å²) < 4.78 is 25.8. The number of hydrogen-bond donors (Lipinski definition) is 1. The molecule has 4 heteroatoms. The fourth-order valence-electron chi connectivity index (χ4n) is 3.55. The lowest BCUT2D eigenvalue weighted by molar-refractivity contribution is -0.165. The Labute approximate surface area is 169 Å². The molecule has 0 saturated carbocycles. The molecule has 1 aromatic carbocycles. The number of carbonyl (C=O) groups is 1. The zero-order valence-electron chi connectivity index (χ0n) is 17.3. The monoisotopic (exact) mass is 396 g/mol. The Morgan fingerprint density at radius 1 is 0.679 bits per heavy atom. The van der Waals surface area contributed by atoms with Gasteiger partial charge in [0.15, 0.2) is 0 Å². The first-order valence-electron chi connectivity index (χ1n) is 11.2. The average molecular weight is 397 g/mol. The summed E-state index contributed by atoms with van der Waals surface area (Å²) in [5.74, 6) is -5.55. The van der Waals surface area contributed by atoms with E-state index in [0.717, 1.165) is 19.3 Å². The summed E-state index contributed by atoms with van der Waals surface area (Å²) in [6.45, 7) is 0. The van der Waals surface area contributed by atoms with Gasteiger partial charge in [0.2, 0.25) is 0 Å². The molecule has 0 spiro atoms. The number of benzene rings is 1. The van der Waals surface area contributed by atoms with Gasteiger partial charge in [0.1, 0.15) is 0 Å². The average Bonchev–Trinajstić information content (AvgIpc) is 2.68. The SMILES string of the molecule is O=C(O)C(F)(F)CCCCCCCCCCCCCCCCc1ccccc1. The van der Waals surface area contributed by atoms with Crippen LogP contribution in [0.25, 0.3) is 0 Å². The van der Waals surface area contributed by atoms with Crippen LogP contribution in [-0.2, 0) is 11.2 Å². The van der Waals surface area contributed by atoms with Crippen LogP contribution in [0, 0.1) is 0 Å². The minimum absolute atomic E-state index is 0.296. The van der Waals surface area contributed by atoms with Crippen LogP contribution in [0.15, 0.2) is 30.3 Å². The third kappa shape index (κ3) is 12.9. The van der Waals surface area contributed by atoms with Crippen molar-refractivity contribution in [2.24, 2.45) is 0 Å². The zero-order valence-corrected chi connectivity index (χ0v) is 17.3. The normalized spacial score (nSPS) is 11.6.